The standard InChI is InChI=1S/C11H14BrNO5S/c1-7-3-4-8(12)5-10(7)19(16,17)13-9(6-18-2)11(14)15/h3-5,9,13H,6H2,1-2H3,(H,14,15). The minimum Gasteiger partial charge on any atom is -0.480 e. The van der Waals surface area contributed by atoms with Gasteiger partial charge in [-0.15, -0.1) is 0 Å². The van der Waals surface area contributed by atoms with Crippen LogP contribution in [0.2, 0.25) is 0 Å². The van der Waals surface area contributed by atoms with Crippen LogP contribution in [0.15, 0.2) is 27.6 Å². The van der Waals surface area contributed by atoms with Crippen LogP contribution in [0.3, 0.4) is 0 Å². The Labute approximate surface area is 120 Å². The molecule has 0 aliphatic heterocycles. The number of carboxylic acid groups (broad SMARTS) is 1. The normalized spacial score (nSPS) is 13.2. The number of sulfonamides is 1. The molecule has 1 unspecified atom stereocenters. The lowest BCUT2D eigenvalue weighted by molar-refractivity contribution is -0.140. The first-order valence-electron chi connectivity index (χ1n) is 5.28. The number of benzene rings is 1. The summed E-state index contributed by atoms with van der Waals surface area (Å²) in [6.07, 6.45) is 0. The number of aryl methyl sites for hydroxylation is 1. The average Bonchev–Trinajstić information content (AvgIpc) is 2.31. The topological polar surface area (TPSA) is 92.7 Å². The first-order chi connectivity index (χ1) is 8.77. The van der Waals surface area contributed by atoms with Gasteiger partial charge in [-0.3, -0.25) is 4.79 Å². The summed E-state index contributed by atoms with van der Waals surface area (Å²) in [5, 5.41) is 8.92. The van der Waals surface area contributed by atoms with E-state index in [9.17, 15) is 13.2 Å². The largest absolute Gasteiger partial charge is 0.480 e. The van der Waals surface area contributed by atoms with E-state index in [2.05, 4.69) is 25.4 Å². The molecule has 1 atom stereocenters. The van der Waals surface area contributed by atoms with Crippen molar-refractivity contribution in [3.05, 3.63) is 28.2 Å². The van der Waals surface area contributed by atoms with Gasteiger partial charge >= 0.3 is 5.97 Å². The minimum absolute atomic E-state index is 0.0317. The Hall–Kier alpha value is -0.960. The Morgan fingerprint density at radius 1 is 1.53 bits per heavy atom. The van der Waals surface area contributed by atoms with E-state index in [4.69, 9.17) is 5.11 Å². The van der Waals surface area contributed by atoms with Crippen LogP contribution in [0.1, 0.15) is 5.56 Å². The Kier molecular flexibility index (Phi) is 5.48. The van der Waals surface area contributed by atoms with E-state index in [-0.39, 0.29) is 11.5 Å². The molecule has 0 bridgehead atoms. The second kappa shape index (κ2) is 6.47. The first-order valence-corrected chi connectivity index (χ1v) is 7.56. The van der Waals surface area contributed by atoms with E-state index < -0.39 is 22.0 Å². The molecule has 0 saturated heterocycles. The fourth-order valence-electron chi connectivity index (χ4n) is 1.44. The maximum atomic E-state index is 12.1. The smallest absolute Gasteiger partial charge is 0.324 e. The van der Waals surface area contributed by atoms with Crippen LogP contribution in [0.25, 0.3) is 0 Å². The highest BCUT2D eigenvalue weighted by atomic mass is 79.9. The number of aliphatic carboxylic acids is 1. The predicted octanol–water partition coefficient (Wildman–Crippen LogP) is 1.14. The zero-order chi connectivity index (χ0) is 14.6. The molecule has 0 saturated carbocycles. The molecule has 0 aromatic heterocycles. The molecule has 1 aromatic carbocycles. The number of halogens is 1. The third kappa shape index (κ3) is 4.27. The van der Waals surface area contributed by atoms with Crippen molar-refractivity contribution in [1.82, 2.24) is 4.72 Å². The molecular formula is C11H14BrNO5S. The van der Waals surface area contributed by atoms with E-state index in [1.807, 2.05) is 0 Å². The zero-order valence-corrected chi connectivity index (χ0v) is 12.8. The number of methoxy groups -OCH3 is 1. The highest BCUT2D eigenvalue weighted by molar-refractivity contribution is 9.10. The molecular weight excluding hydrogens is 338 g/mol. The van der Waals surface area contributed by atoms with Crippen LogP contribution < -0.4 is 4.72 Å². The van der Waals surface area contributed by atoms with Gasteiger partial charge in [-0.1, -0.05) is 22.0 Å². The van der Waals surface area contributed by atoms with E-state index in [0.717, 1.165) is 0 Å². The van der Waals surface area contributed by atoms with Gasteiger partial charge in [0.2, 0.25) is 10.0 Å². The quantitative estimate of drug-likeness (QED) is 0.801. The first kappa shape index (κ1) is 16.1. The van der Waals surface area contributed by atoms with Crippen molar-refractivity contribution in [2.24, 2.45) is 0 Å². The highest BCUT2D eigenvalue weighted by Gasteiger charge is 2.26. The molecule has 1 aromatic rings. The number of hydrogen-bond donors (Lipinski definition) is 2. The molecule has 0 radical (unpaired) electrons. The molecule has 8 heteroatoms. The number of rotatable bonds is 6. The Balaban J connectivity index is 3.10. The Morgan fingerprint density at radius 2 is 2.16 bits per heavy atom. The van der Waals surface area contributed by atoms with Gasteiger partial charge in [-0.05, 0) is 24.6 Å². The molecule has 0 fully saturated rings. The number of nitrogens with one attached hydrogen (secondary N) is 1. The van der Waals surface area contributed by atoms with Crippen molar-refractivity contribution >= 4 is 31.9 Å². The van der Waals surface area contributed by atoms with Crippen molar-refractivity contribution in [3.8, 4) is 0 Å². The SMILES string of the molecule is COCC(NS(=O)(=O)c1cc(Br)ccc1C)C(=O)O. The van der Waals surface area contributed by atoms with Crippen molar-refractivity contribution in [2.45, 2.75) is 17.9 Å². The van der Waals surface area contributed by atoms with Gasteiger partial charge in [-0.2, -0.15) is 4.72 Å². The molecule has 6 nitrogen and oxygen atoms in total. The fourth-order valence-corrected chi connectivity index (χ4v) is 3.39. The number of carboxylic acids is 1. The van der Waals surface area contributed by atoms with Gasteiger partial charge < -0.3 is 9.84 Å². The van der Waals surface area contributed by atoms with Crippen LogP contribution in [-0.4, -0.2) is 39.3 Å². The monoisotopic (exact) mass is 351 g/mol. The lowest BCUT2D eigenvalue weighted by atomic mass is 10.2. The molecule has 0 aliphatic carbocycles. The minimum atomic E-state index is -3.92. The molecule has 0 amide bonds. The Bertz CT molecular complexity index is 572. The lowest BCUT2D eigenvalue weighted by Crippen LogP contribution is -2.43. The van der Waals surface area contributed by atoms with Crippen molar-refractivity contribution in [1.29, 1.82) is 0 Å². The summed E-state index contributed by atoms with van der Waals surface area (Å²) in [4.78, 5) is 11.0. The van der Waals surface area contributed by atoms with Crippen LogP contribution in [0.4, 0.5) is 0 Å². The van der Waals surface area contributed by atoms with Crippen molar-refractivity contribution < 1.29 is 23.1 Å². The second-order valence-corrected chi connectivity index (χ2v) is 6.48. The van der Waals surface area contributed by atoms with Crippen LogP contribution in [0.5, 0.6) is 0 Å². The summed E-state index contributed by atoms with van der Waals surface area (Å²) >= 11 is 3.18. The molecule has 106 valence electrons. The molecule has 19 heavy (non-hydrogen) atoms. The van der Waals surface area contributed by atoms with Gasteiger partial charge in [0.15, 0.2) is 0 Å². The summed E-state index contributed by atoms with van der Waals surface area (Å²) in [5.41, 5.74) is 0.525. The van der Waals surface area contributed by atoms with Crippen LogP contribution >= 0.6 is 15.9 Å². The number of carbonyl (C=O) groups is 1. The maximum Gasteiger partial charge on any atom is 0.324 e. The van der Waals surface area contributed by atoms with E-state index in [0.29, 0.717) is 10.0 Å². The number of hydrogen-bond acceptors (Lipinski definition) is 4. The van der Waals surface area contributed by atoms with Crippen LogP contribution in [-0.2, 0) is 19.6 Å². The zero-order valence-electron chi connectivity index (χ0n) is 10.4. The van der Waals surface area contributed by atoms with E-state index in [1.165, 1.54) is 13.2 Å². The van der Waals surface area contributed by atoms with Gasteiger partial charge in [0.25, 0.3) is 0 Å². The summed E-state index contributed by atoms with van der Waals surface area (Å²) < 4.78 is 31.7. The van der Waals surface area contributed by atoms with E-state index >= 15 is 0 Å². The molecule has 2 N–H and O–H groups in total. The molecule has 0 spiro atoms. The van der Waals surface area contributed by atoms with E-state index in [1.54, 1.807) is 19.1 Å². The van der Waals surface area contributed by atoms with Crippen molar-refractivity contribution in [3.63, 3.8) is 0 Å². The highest BCUT2D eigenvalue weighted by Crippen LogP contribution is 2.20. The average molecular weight is 352 g/mol. The second-order valence-electron chi connectivity index (χ2n) is 3.88. The van der Waals surface area contributed by atoms with Crippen LogP contribution in [0, 0.1) is 6.92 Å². The predicted molar refractivity (Wildman–Crippen MR) is 72.5 cm³/mol. The van der Waals surface area contributed by atoms with Gasteiger partial charge in [0.1, 0.15) is 6.04 Å². The van der Waals surface area contributed by atoms with Gasteiger partial charge in [0.05, 0.1) is 11.5 Å². The molecule has 0 heterocycles. The third-order valence-corrected chi connectivity index (χ3v) is 4.48. The van der Waals surface area contributed by atoms with Crippen molar-refractivity contribution in [2.75, 3.05) is 13.7 Å². The molecule has 0 aliphatic rings. The number of ether oxygens (including phenoxy) is 1. The third-order valence-electron chi connectivity index (χ3n) is 2.37. The summed E-state index contributed by atoms with van der Waals surface area (Å²) in [5.74, 6) is -1.29. The summed E-state index contributed by atoms with van der Waals surface area (Å²) in [7, 11) is -2.62. The van der Waals surface area contributed by atoms with Gasteiger partial charge in [-0.25, -0.2) is 8.42 Å². The fraction of sp³-hybridized carbons (Fsp3) is 0.364. The lowest BCUT2D eigenvalue weighted by Gasteiger charge is -2.15. The Morgan fingerprint density at radius 3 is 2.68 bits per heavy atom. The summed E-state index contributed by atoms with van der Waals surface area (Å²) in [6, 6.07) is 3.43. The summed E-state index contributed by atoms with van der Waals surface area (Å²) in [6.45, 7) is 1.38. The van der Waals surface area contributed by atoms with Gasteiger partial charge in [0, 0.05) is 11.6 Å². The molecule has 1 rings (SSSR count). The maximum absolute atomic E-state index is 12.1.